The van der Waals surface area contributed by atoms with Gasteiger partial charge in [0.2, 0.25) is 5.91 Å². The average Bonchev–Trinajstić information content (AvgIpc) is 3.26. The number of primary amides is 1. The number of nitrogens with two attached hydrogens (primary N) is 1. The molecule has 2 amide bonds. The molecule has 0 radical (unpaired) electrons. The third kappa shape index (κ3) is 3.99. The molecule has 30 heavy (non-hydrogen) atoms. The van der Waals surface area contributed by atoms with Crippen LogP contribution in [-0.2, 0) is 24.7 Å². The van der Waals surface area contributed by atoms with Gasteiger partial charge in [-0.05, 0) is 43.7 Å². The predicted molar refractivity (Wildman–Crippen MR) is 120 cm³/mol. The van der Waals surface area contributed by atoms with Crippen LogP contribution < -0.4 is 11.1 Å². The quantitative estimate of drug-likeness (QED) is 0.570. The predicted octanol–water partition coefficient (Wildman–Crippen LogP) is 3.56. The molecule has 0 bridgehead atoms. The third-order valence-corrected chi connectivity index (χ3v) is 7.45. The Hall–Kier alpha value is -2.65. The van der Waals surface area contributed by atoms with Crippen molar-refractivity contribution in [1.82, 2.24) is 14.8 Å². The number of anilines is 1. The molecule has 0 aliphatic heterocycles. The van der Waals surface area contributed by atoms with E-state index in [0.29, 0.717) is 15.7 Å². The summed E-state index contributed by atoms with van der Waals surface area (Å²) in [4.78, 5) is 25.7. The summed E-state index contributed by atoms with van der Waals surface area (Å²) in [6.45, 7) is 2.03. The minimum absolute atomic E-state index is 0.167. The zero-order valence-corrected chi connectivity index (χ0v) is 18.5. The largest absolute Gasteiger partial charge is 0.365 e. The lowest BCUT2D eigenvalue weighted by Gasteiger charge is -2.11. The van der Waals surface area contributed by atoms with Gasteiger partial charge in [0, 0.05) is 17.5 Å². The monoisotopic (exact) mass is 441 g/mol. The number of rotatable bonds is 6. The summed E-state index contributed by atoms with van der Waals surface area (Å²) in [5.41, 5.74) is 9.22. The average molecular weight is 442 g/mol. The van der Waals surface area contributed by atoms with Gasteiger partial charge in [-0.25, -0.2) is 0 Å². The van der Waals surface area contributed by atoms with E-state index in [1.54, 1.807) is 0 Å². The normalized spacial score (nSPS) is 13.1. The zero-order chi connectivity index (χ0) is 21.3. The van der Waals surface area contributed by atoms with Gasteiger partial charge in [-0.2, -0.15) is 0 Å². The Kier molecular flexibility index (Phi) is 5.92. The van der Waals surface area contributed by atoms with E-state index in [1.165, 1.54) is 23.1 Å². The maximum atomic E-state index is 12.6. The van der Waals surface area contributed by atoms with Crippen molar-refractivity contribution in [3.63, 3.8) is 0 Å². The third-order valence-electron chi connectivity index (χ3n) is 5.22. The van der Waals surface area contributed by atoms with E-state index in [9.17, 15) is 9.59 Å². The number of hydrogen-bond donors (Lipinski definition) is 2. The number of thiophene rings is 1. The van der Waals surface area contributed by atoms with E-state index in [-0.39, 0.29) is 11.7 Å². The number of aromatic nitrogens is 3. The fraction of sp³-hybridized carbons (Fsp3) is 0.333. The molecular weight excluding hydrogens is 418 g/mol. The van der Waals surface area contributed by atoms with E-state index in [4.69, 9.17) is 5.73 Å². The highest BCUT2D eigenvalue weighted by Gasteiger charge is 2.25. The maximum absolute atomic E-state index is 12.6. The molecule has 2 heterocycles. The number of thioether (sulfide) groups is 1. The minimum atomic E-state index is -0.478. The lowest BCUT2D eigenvalue weighted by atomic mass is 9.95. The van der Waals surface area contributed by atoms with Gasteiger partial charge in [0.15, 0.2) is 11.0 Å². The number of amides is 2. The molecule has 0 atom stereocenters. The number of fused-ring (bicyclic) bond motifs is 1. The Balaban J connectivity index is 1.46. The smallest absolute Gasteiger partial charge is 0.251 e. The molecule has 156 valence electrons. The van der Waals surface area contributed by atoms with Crippen molar-refractivity contribution in [2.45, 2.75) is 37.8 Å². The highest BCUT2D eigenvalue weighted by molar-refractivity contribution is 7.99. The molecular formula is C21H23N5O2S2. The molecule has 1 aliphatic carbocycles. The Morgan fingerprint density at radius 2 is 2.00 bits per heavy atom. The number of hydrogen-bond acceptors (Lipinski definition) is 6. The molecule has 2 aromatic heterocycles. The lowest BCUT2D eigenvalue weighted by molar-refractivity contribution is -0.113. The van der Waals surface area contributed by atoms with Gasteiger partial charge in [0.1, 0.15) is 5.00 Å². The molecule has 4 rings (SSSR count). The summed E-state index contributed by atoms with van der Waals surface area (Å²) >= 11 is 2.78. The standard InChI is InChI=1S/C21H23N5O2S2/c1-12-7-3-4-8-13(12)19-24-25-21(26(19)2)29-11-16(27)23-20-17(18(22)28)14-9-5-6-10-15(14)30-20/h3-4,7-8H,5-6,9-11H2,1-2H3,(H2,22,28)(H,23,27). The topological polar surface area (TPSA) is 103 Å². The van der Waals surface area contributed by atoms with Crippen LogP contribution in [0.1, 0.15) is 39.2 Å². The highest BCUT2D eigenvalue weighted by Crippen LogP contribution is 2.38. The minimum Gasteiger partial charge on any atom is -0.365 e. The van der Waals surface area contributed by atoms with Crippen LogP contribution in [0.5, 0.6) is 0 Å². The summed E-state index contributed by atoms with van der Waals surface area (Å²) < 4.78 is 1.89. The van der Waals surface area contributed by atoms with E-state index in [1.807, 2.05) is 42.8 Å². The Morgan fingerprint density at radius 1 is 1.23 bits per heavy atom. The first kappa shape index (κ1) is 20.6. The van der Waals surface area contributed by atoms with Crippen molar-refractivity contribution in [2.75, 3.05) is 11.1 Å². The van der Waals surface area contributed by atoms with E-state index >= 15 is 0 Å². The fourth-order valence-electron chi connectivity index (χ4n) is 3.71. The van der Waals surface area contributed by atoms with Gasteiger partial charge in [0.05, 0.1) is 11.3 Å². The van der Waals surface area contributed by atoms with Crippen molar-refractivity contribution in [2.24, 2.45) is 12.8 Å². The van der Waals surface area contributed by atoms with Crippen molar-refractivity contribution < 1.29 is 9.59 Å². The lowest BCUT2D eigenvalue weighted by Crippen LogP contribution is -2.19. The van der Waals surface area contributed by atoms with Gasteiger partial charge < -0.3 is 15.6 Å². The van der Waals surface area contributed by atoms with Gasteiger partial charge in [-0.15, -0.1) is 21.5 Å². The van der Waals surface area contributed by atoms with Crippen molar-refractivity contribution in [3.05, 3.63) is 45.8 Å². The van der Waals surface area contributed by atoms with Crippen molar-refractivity contribution in [3.8, 4) is 11.4 Å². The summed E-state index contributed by atoms with van der Waals surface area (Å²) in [5.74, 6) is 0.258. The van der Waals surface area contributed by atoms with Gasteiger partial charge in [-0.1, -0.05) is 36.0 Å². The van der Waals surface area contributed by atoms with Crippen LogP contribution in [0.2, 0.25) is 0 Å². The van der Waals surface area contributed by atoms with Crippen molar-refractivity contribution in [1.29, 1.82) is 0 Å². The Morgan fingerprint density at radius 3 is 2.77 bits per heavy atom. The number of benzene rings is 1. The van der Waals surface area contributed by atoms with E-state index in [2.05, 4.69) is 15.5 Å². The first-order chi connectivity index (χ1) is 14.5. The Bertz CT molecular complexity index is 1120. The molecule has 1 aromatic carbocycles. The number of carbonyl (C=O) groups excluding carboxylic acids is 2. The van der Waals surface area contributed by atoms with Gasteiger partial charge >= 0.3 is 0 Å². The molecule has 0 saturated carbocycles. The molecule has 3 aromatic rings. The van der Waals surface area contributed by atoms with Crippen LogP contribution in [0.15, 0.2) is 29.4 Å². The second kappa shape index (κ2) is 8.61. The first-order valence-corrected chi connectivity index (χ1v) is 11.6. The molecule has 0 spiro atoms. The fourth-order valence-corrected chi connectivity index (χ4v) is 5.73. The van der Waals surface area contributed by atoms with Crippen LogP contribution in [-0.4, -0.2) is 32.3 Å². The maximum Gasteiger partial charge on any atom is 0.251 e. The van der Waals surface area contributed by atoms with Crippen LogP contribution >= 0.6 is 23.1 Å². The van der Waals surface area contributed by atoms with Crippen LogP contribution in [0, 0.1) is 6.92 Å². The Labute approximate surface area is 183 Å². The molecule has 3 N–H and O–H groups in total. The number of nitrogens with one attached hydrogen (secondary N) is 1. The van der Waals surface area contributed by atoms with E-state index < -0.39 is 5.91 Å². The van der Waals surface area contributed by atoms with Gasteiger partial charge in [0.25, 0.3) is 5.91 Å². The molecule has 0 fully saturated rings. The molecule has 0 saturated heterocycles. The molecule has 7 nitrogen and oxygen atoms in total. The molecule has 9 heteroatoms. The zero-order valence-electron chi connectivity index (χ0n) is 16.9. The molecule has 1 aliphatic rings. The number of nitrogens with zero attached hydrogens (tertiary/aromatic N) is 3. The summed E-state index contributed by atoms with van der Waals surface area (Å²) in [7, 11) is 1.89. The van der Waals surface area contributed by atoms with Gasteiger partial charge in [-0.3, -0.25) is 9.59 Å². The second-order valence-corrected chi connectivity index (χ2v) is 9.34. The SMILES string of the molecule is Cc1ccccc1-c1nnc(SCC(=O)Nc2sc3c(c2C(N)=O)CCCC3)n1C. The van der Waals surface area contributed by atoms with Crippen LogP contribution in [0.4, 0.5) is 5.00 Å². The van der Waals surface area contributed by atoms with Crippen LogP contribution in [0.25, 0.3) is 11.4 Å². The van der Waals surface area contributed by atoms with Crippen molar-refractivity contribution >= 4 is 39.9 Å². The number of carbonyl (C=O) groups is 2. The second-order valence-electron chi connectivity index (χ2n) is 7.30. The first-order valence-electron chi connectivity index (χ1n) is 9.78. The summed E-state index contributed by atoms with van der Waals surface area (Å²) in [6.07, 6.45) is 3.92. The number of aryl methyl sites for hydroxylation is 2. The summed E-state index contributed by atoms with van der Waals surface area (Å²) in [5, 5.41) is 12.6. The van der Waals surface area contributed by atoms with Crippen LogP contribution in [0.3, 0.4) is 0 Å². The highest BCUT2D eigenvalue weighted by atomic mass is 32.2. The molecule has 0 unspecified atom stereocenters. The summed E-state index contributed by atoms with van der Waals surface area (Å²) in [6, 6.07) is 7.98. The van der Waals surface area contributed by atoms with E-state index in [0.717, 1.165) is 53.1 Å².